The molecule has 82 valence electrons. The number of hydrogen-bond donors (Lipinski definition) is 1. The molecule has 1 rings (SSSR count). The van der Waals surface area contributed by atoms with Gasteiger partial charge in [0.05, 0.1) is 6.04 Å². The lowest BCUT2D eigenvalue weighted by molar-refractivity contribution is 0.367. The number of nitriles is 1. The molecule has 1 aromatic carbocycles. The Morgan fingerprint density at radius 1 is 1.56 bits per heavy atom. The average Bonchev–Trinajstić information content (AvgIpc) is 2.34. The SMILES string of the molecule is C#CC(C)NCc1cccc(OCC#N)c1. The third kappa shape index (κ3) is 4.04. The molecule has 3 nitrogen and oxygen atoms in total. The maximum Gasteiger partial charge on any atom is 0.174 e. The van der Waals surface area contributed by atoms with Gasteiger partial charge in [0.25, 0.3) is 0 Å². The Kier molecular flexibility index (Phi) is 4.92. The Labute approximate surface area is 96.0 Å². The van der Waals surface area contributed by atoms with Gasteiger partial charge in [-0.05, 0) is 24.6 Å². The first-order chi connectivity index (χ1) is 7.76. The van der Waals surface area contributed by atoms with E-state index in [2.05, 4.69) is 11.2 Å². The lowest BCUT2D eigenvalue weighted by Crippen LogP contribution is -2.23. The zero-order valence-corrected chi connectivity index (χ0v) is 9.23. The summed E-state index contributed by atoms with van der Waals surface area (Å²) in [5, 5.41) is 11.6. The predicted octanol–water partition coefficient (Wildman–Crippen LogP) is 1.70. The Balaban J connectivity index is 2.55. The minimum atomic E-state index is 0.0451. The molecule has 0 bridgehead atoms. The molecule has 0 spiro atoms. The Morgan fingerprint density at radius 2 is 2.38 bits per heavy atom. The van der Waals surface area contributed by atoms with E-state index >= 15 is 0 Å². The van der Waals surface area contributed by atoms with E-state index in [1.807, 2.05) is 37.3 Å². The fraction of sp³-hybridized carbons (Fsp3) is 0.308. The number of benzene rings is 1. The van der Waals surface area contributed by atoms with Crippen LogP contribution in [0.15, 0.2) is 24.3 Å². The fourth-order valence-corrected chi connectivity index (χ4v) is 1.19. The summed E-state index contributed by atoms with van der Waals surface area (Å²) in [7, 11) is 0. The third-order valence-electron chi connectivity index (χ3n) is 2.06. The van der Waals surface area contributed by atoms with E-state index in [1.54, 1.807) is 0 Å². The predicted molar refractivity (Wildman–Crippen MR) is 62.7 cm³/mol. The van der Waals surface area contributed by atoms with Crippen LogP contribution < -0.4 is 10.1 Å². The molecule has 0 fully saturated rings. The summed E-state index contributed by atoms with van der Waals surface area (Å²) in [5.74, 6) is 3.30. The monoisotopic (exact) mass is 214 g/mol. The molecular formula is C13H14N2O. The lowest BCUT2D eigenvalue weighted by Gasteiger charge is -2.08. The summed E-state index contributed by atoms with van der Waals surface area (Å²) in [6.07, 6.45) is 5.26. The van der Waals surface area contributed by atoms with Crippen molar-refractivity contribution >= 4 is 0 Å². The summed E-state index contributed by atoms with van der Waals surface area (Å²) in [6.45, 7) is 2.68. The highest BCUT2D eigenvalue weighted by molar-refractivity contribution is 5.28. The Morgan fingerprint density at radius 3 is 3.06 bits per heavy atom. The van der Waals surface area contributed by atoms with E-state index < -0.39 is 0 Å². The van der Waals surface area contributed by atoms with Gasteiger partial charge in [0.2, 0.25) is 0 Å². The number of ether oxygens (including phenoxy) is 1. The van der Waals surface area contributed by atoms with Crippen LogP contribution in [0.4, 0.5) is 0 Å². The van der Waals surface area contributed by atoms with E-state index in [9.17, 15) is 0 Å². The Bertz CT molecular complexity index is 415. The van der Waals surface area contributed by atoms with Crippen molar-refractivity contribution in [2.45, 2.75) is 19.5 Å². The van der Waals surface area contributed by atoms with E-state index in [0.717, 1.165) is 5.56 Å². The van der Waals surface area contributed by atoms with Crippen LogP contribution in [0.5, 0.6) is 5.75 Å². The largest absolute Gasteiger partial charge is 0.479 e. The second-order valence-corrected chi connectivity index (χ2v) is 3.36. The third-order valence-corrected chi connectivity index (χ3v) is 2.06. The highest BCUT2D eigenvalue weighted by Gasteiger charge is 1.99. The minimum Gasteiger partial charge on any atom is -0.479 e. The molecule has 0 amide bonds. The standard InChI is InChI=1S/C13H14N2O/c1-3-11(2)15-10-12-5-4-6-13(9-12)16-8-7-14/h1,4-6,9,11,15H,8,10H2,2H3. The summed E-state index contributed by atoms with van der Waals surface area (Å²) in [5.41, 5.74) is 1.08. The molecule has 1 atom stereocenters. The first-order valence-corrected chi connectivity index (χ1v) is 5.04. The molecule has 0 aliphatic heterocycles. The van der Waals surface area contributed by atoms with Crippen LogP contribution in [0.2, 0.25) is 0 Å². The van der Waals surface area contributed by atoms with E-state index in [-0.39, 0.29) is 12.6 Å². The first kappa shape index (κ1) is 12.1. The van der Waals surface area contributed by atoms with E-state index in [0.29, 0.717) is 12.3 Å². The lowest BCUT2D eigenvalue weighted by atomic mass is 10.2. The van der Waals surface area contributed by atoms with Gasteiger partial charge in [-0.15, -0.1) is 6.42 Å². The number of terminal acetylenes is 1. The number of nitrogens with zero attached hydrogens (tertiary/aromatic N) is 1. The van der Waals surface area contributed by atoms with Crippen LogP contribution in [0.25, 0.3) is 0 Å². The van der Waals surface area contributed by atoms with Gasteiger partial charge in [0.15, 0.2) is 6.61 Å². The van der Waals surface area contributed by atoms with Crippen molar-refractivity contribution in [3.8, 4) is 24.2 Å². The second kappa shape index (κ2) is 6.50. The van der Waals surface area contributed by atoms with Crippen molar-refractivity contribution in [2.24, 2.45) is 0 Å². The van der Waals surface area contributed by atoms with Crippen molar-refractivity contribution in [3.05, 3.63) is 29.8 Å². The fourth-order valence-electron chi connectivity index (χ4n) is 1.19. The van der Waals surface area contributed by atoms with Gasteiger partial charge in [0, 0.05) is 6.54 Å². The quantitative estimate of drug-likeness (QED) is 0.759. The molecule has 0 aliphatic rings. The van der Waals surface area contributed by atoms with Gasteiger partial charge in [-0.3, -0.25) is 5.32 Å². The highest BCUT2D eigenvalue weighted by atomic mass is 16.5. The molecule has 0 saturated heterocycles. The summed E-state index contributed by atoms with van der Waals surface area (Å²) >= 11 is 0. The molecule has 1 N–H and O–H groups in total. The molecule has 1 aromatic rings. The number of rotatable bonds is 5. The molecule has 1 unspecified atom stereocenters. The molecular weight excluding hydrogens is 200 g/mol. The molecule has 0 aromatic heterocycles. The summed E-state index contributed by atoms with van der Waals surface area (Å²) < 4.78 is 5.20. The zero-order valence-electron chi connectivity index (χ0n) is 9.23. The maximum absolute atomic E-state index is 8.40. The topological polar surface area (TPSA) is 45.0 Å². The van der Waals surface area contributed by atoms with E-state index in [1.165, 1.54) is 0 Å². The van der Waals surface area contributed by atoms with E-state index in [4.69, 9.17) is 16.4 Å². The smallest absolute Gasteiger partial charge is 0.174 e. The molecule has 0 saturated carbocycles. The van der Waals surface area contributed by atoms with Crippen LogP contribution >= 0.6 is 0 Å². The molecule has 0 radical (unpaired) electrons. The van der Waals surface area contributed by atoms with Crippen LogP contribution in [-0.4, -0.2) is 12.6 Å². The van der Waals surface area contributed by atoms with Gasteiger partial charge >= 0.3 is 0 Å². The first-order valence-electron chi connectivity index (χ1n) is 5.04. The van der Waals surface area contributed by atoms with Gasteiger partial charge in [-0.1, -0.05) is 18.1 Å². The Hall–Kier alpha value is -1.97. The molecule has 0 heterocycles. The van der Waals surface area contributed by atoms with Crippen LogP contribution in [0.3, 0.4) is 0 Å². The molecule has 0 aliphatic carbocycles. The molecule has 16 heavy (non-hydrogen) atoms. The van der Waals surface area contributed by atoms with Crippen LogP contribution in [0.1, 0.15) is 12.5 Å². The highest BCUT2D eigenvalue weighted by Crippen LogP contribution is 2.13. The molecule has 3 heteroatoms. The van der Waals surface area contributed by atoms with Crippen molar-refractivity contribution in [3.63, 3.8) is 0 Å². The van der Waals surface area contributed by atoms with Crippen molar-refractivity contribution in [1.82, 2.24) is 5.32 Å². The van der Waals surface area contributed by atoms with Crippen LogP contribution in [0, 0.1) is 23.7 Å². The van der Waals surface area contributed by atoms with Crippen molar-refractivity contribution < 1.29 is 4.74 Å². The van der Waals surface area contributed by atoms with Gasteiger partial charge in [0.1, 0.15) is 11.8 Å². The summed E-state index contributed by atoms with van der Waals surface area (Å²) in [6, 6.07) is 9.57. The van der Waals surface area contributed by atoms with Gasteiger partial charge < -0.3 is 4.74 Å². The minimum absolute atomic E-state index is 0.0451. The summed E-state index contributed by atoms with van der Waals surface area (Å²) in [4.78, 5) is 0. The van der Waals surface area contributed by atoms with Crippen molar-refractivity contribution in [1.29, 1.82) is 5.26 Å². The normalized spacial score (nSPS) is 11.2. The van der Waals surface area contributed by atoms with Gasteiger partial charge in [-0.25, -0.2) is 0 Å². The maximum atomic E-state index is 8.40. The van der Waals surface area contributed by atoms with Crippen LogP contribution in [-0.2, 0) is 6.54 Å². The number of hydrogen-bond acceptors (Lipinski definition) is 3. The zero-order chi connectivity index (χ0) is 11.8. The van der Waals surface area contributed by atoms with Crippen molar-refractivity contribution in [2.75, 3.05) is 6.61 Å². The average molecular weight is 214 g/mol. The second-order valence-electron chi connectivity index (χ2n) is 3.36. The number of nitrogens with one attached hydrogen (secondary N) is 1. The van der Waals surface area contributed by atoms with Gasteiger partial charge in [-0.2, -0.15) is 5.26 Å².